The lowest BCUT2D eigenvalue weighted by Crippen LogP contribution is -2.51. The molecule has 25 heavy (non-hydrogen) atoms. The highest BCUT2D eigenvalue weighted by Gasteiger charge is 2.43. The summed E-state index contributed by atoms with van der Waals surface area (Å²) in [5, 5.41) is 6.90. The molecule has 2 aliphatic heterocycles. The summed E-state index contributed by atoms with van der Waals surface area (Å²) in [6.45, 7) is 3.07. The van der Waals surface area contributed by atoms with E-state index in [1.165, 1.54) is 10.9 Å². The Labute approximate surface area is 145 Å². The van der Waals surface area contributed by atoms with Crippen LogP contribution in [0.4, 0.5) is 9.59 Å². The van der Waals surface area contributed by atoms with Gasteiger partial charge in [-0.05, 0) is 17.5 Å². The zero-order chi connectivity index (χ0) is 17.3. The number of aromatic nitrogens is 1. The van der Waals surface area contributed by atoms with E-state index in [1.54, 1.807) is 4.90 Å². The van der Waals surface area contributed by atoms with Gasteiger partial charge in [-0.3, -0.25) is 0 Å². The lowest BCUT2D eigenvalue weighted by molar-refractivity contribution is 0.00978. The SMILES string of the molecule is O=C1NCC2(CCN(C(=O)NCCn3ccc4ccccc43)CC2)O1. The van der Waals surface area contributed by atoms with Crippen molar-refractivity contribution < 1.29 is 14.3 Å². The van der Waals surface area contributed by atoms with Crippen LogP contribution in [0.1, 0.15) is 12.8 Å². The van der Waals surface area contributed by atoms with Crippen molar-refractivity contribution in [3.8, 4) is 0 Å². The maximum Gasteiger partial charge on any atom is 0.407 e. The third-order valence-electron chi connectivity index (χ3n) is 5.14. The van der Waals surface area contributed by atoms with E-state index in [2.05, 4.69) is 33.4 Å². The van der Waals surface area contributed by atoms with Gasteiger partial charge in [0, 0.05) is 50.7 Å². The molecule has 2 aromatic rings. The number of ether oxygens (including phenoxy) is 1. The first-order chi connectivity index (χ1) is 12.2. The first kappa shape index (κ1) is 15.8. The highest BCUT2D eigenvalue weighted by Crippen LogP contribution is 2.29. The molecule has 3 heterocycles. The average molecular weight is 342 g/mol. The second-order valence-electron chi connectivity index (χ2n) is 6.71. The fourth-order valence-electron chi connectivity index (χ4n) is 3.63. The molecule has 0 unspecified atom stereocenters. The second-order valence-corrected chi connectivity index (χ2v) is 6.71. The number of alkyl carbamates (subject to hydrolysis) is 1. The van der Waals surface area contributed by atoms with Gasteiger partial charge in [-0.15, -0.1) is 0 Å². The summed E-state index contributed by atoms with van der Waals surface area (Å²) in [7, 11) is 0. The lowest BCUT2D eigenvalue weighted by atomic mass is 9.92. The van der Waals surface area contributed by atoms with Crippen molar-refractivity contribution in [2.24, 2.45) is 0 Å². The Balaban J connectivity index is 1.26. The molecule has 132 valence electrons. The lowest BCUT2D eigenvalue weighted by Gasteiger charge is -2.37. The normalized spacial score (nSPS) is 19.0. The van der Waals surface area contributed by atoms with Crippen molar-refractivity contribution >= 4 is 23.0 Å². The number of para-hydroxylation sites is 1. The van der Waals surface area contributed by atoms with Gasteiger partial charge in [0.15, 0.2) is 0 Å². The number of rotatable bonds is 3. The molecule has 0 aliphatic carbocycles. The number of likely N-dealkylation sites (tertiary alicyclic amines) is 1. The minimum absolute atomic E-state index is 0.0522. The van der Waals surface area contributed by atoms with E-state index in [-0.39, 0.29) is 12.1 Å². The quantitative estimate of drug-likeness (QED) is 0.895. The Kier molecular flexibility index (Phi) is 3.99. The van der Waals surface area contributed by atoms with Gasteiger partial charge < -0.3 is 24.8 Å². The third-order valence-corrected chi connectivity index (χ3v) is 5.14. The van der Waals surface area contributed by atoms with E-state index in [0.717, 1.165) is 6.54 Å². The summed E-state index contributed by atoms with van der Waals surface area (Å²) >= 11 is 0. The highest BCUT2D eigenvalue weighted by molar-refractivity contribution is 5.80. The maximum absolute atomic E-state index is 12.3. The van der Waals surface area contributed by atoms with Crippen LogP contribution in [0.3, 0.4) is 0 Å². The Morgan fingerprint density at radius 1 is 1.24 bits per heavy atom. The van der Waals surface area contributed by atoms with Gasteiger partial charge in [-0.25, -0.2) is 9.59 Å². The first-order valence-electron chi connectivity index (χ1n) is 8.69. The number of fused-ring (bicyclic) bond motifs is 1. The van der Waals surface area contributed by atoms with Crippen LogP contribution in [-0.4, -0.2) is 53.4 Å². The van der Waals surface area contributed by atoms with Crippen molar-refractivity contribution in [1.82, 2.24) is 20.1 Å². The second kappa shape index (κ2) is 6.31. The molecule has 1 spiro atoms. The molecule has 0 radical (unpaired) electrons. The maximum atomic E-state index is 12.3. The molecular weight excluding hydrogens is 320 g/mol. The number of benzene rings is 1. The number of carbonyl (C=O) groups excluding carboxylic acids is 2. The van der Waals surface area contributed by atoms with Crippen LogP contribution < -0.4 is 10.6 Å². The predicted octanol–water partition coefficient (Wildman–Crippen LogP) is 1.93. The van der Waals surface area contributed by atoms with Gasteiger partial charge in [-0.2, -0.15) is 0 Å². The molecule has 7 nitrogen and oxygen atoms in total. The monoisotopic (exact) mass is 342 g/mol. The number of urea groups is 1. The molecule has 0 bridgehead atoms. The van der Waals surface area contributed by atoms with E-state index < -0.39 is 5.60 Å². The van der Waals surface area contributed by atoms with E-state index in [4.69, 9.17) is 4.74 Å². The summed E-state index contributed by atoms with van der Waals surface area (Å²) < 4.78 is 7.52. The first-order valence-corrected chi connectivity index (χ1v) is 8.69. The Morgan fingerprint density at radius 3 is 2.80 bits per heavy atom. The fourth-order valence-corrected chi connectivity index (χ4v) is 3.63. The molecule has 0 atom stereocenters. The van der Waals surface area contributed by atoms with E-state index >= 15 is 0 Å². The van der Waals surface area contributed by atoms with Crippen molar-refractivity contribution in [1.29, 1.82) is 0 Å². The van der Waals surface area contributed by atoms with Gasteiger partial charge in [-0.1, -0.05) is 18.2 Å². The van der Waals surface area contributed by atoms with Crippen LogP contribution in [0.2, 0.25) is 0 Å². The van der Waals surface area contributed by atoms with Crippen molar-refractivity contribution in [2.75, 3.05) is 26.2 Å². The number of carbonyl (C=O) groups is 2. The van der Waals surface area contributed by atoms with E-state index in [1.807, 2.05) is 18.3 Å². The average Bonchev–Trinajstić information content (AvgIpc) is 3.20. The molecular formula is C18H22N4O3. The molecule has 0 saturated carbocycles. The van der Waals surface area contributed by atoms with Gasteiger partial charge >= 0.3 is 12.1 Å². The Bertz CT molecular complexity index is 792. The van der Waals surface area contributed by atoms with E-state index in [0.29, 0.717) is 39.0 Å². The van der Waals surface area contributed by atoms with Gasteiger partial charge in [0.2, 0.25) is 0 Å². The van der Waals surface area contributed by atoms with Crippen molar-refractivity contribution in [3.05, 3.63) is 36.5 Å². The number of piperidine rings is 1. The van der Waals surface area contributed by atoms with Crippen LogP contribution in [0.25, 0.3) is 10.9 Å². The molecule has 1 aromatic heterocycles. The smallest absolute Gasteiger partial charge is 0.407 e. The highest BCUT2D eigenvalue weighted by atomic mass is 16.6. The zero-order valence-corrected chi connectivity index (χ0v) is 14.0. The van der Waals surface area contributed by atoms with Crippen molar-refractivity contribution in [3.63, 3.8) is 0 Å². The number of nitrogens with one attached hydrogen (secondary N) is 2. The minimum atomic E-state index is -0.419. The Hall–Kier alpha value is -2.70. The topological polar surface area (TPSA) is 75.6 Å². The van der Waals surface area contributed by atoms with Gasteiger partial charge in [0.05, 0.1) is 6.54 Å². The number of amides is 3. The Morgan fingerprint density at radius 2 is 2.04 bits per heavy atom. The molecule has 3 amide bonds. The summed E-state index contributed by atoms with van der Waals surface area (Å²) in [6, 6.07) is 10.2. The predicted molar refractivity (Wildman–Crippen MR) is 93.4 cm³/mol. The van der Waals surface area contributed by atoms with E-state index in [9.17, 15) is 9.59 Å². The minimum Gasteiger partial charge on any atom is -0.441 e. The zero-order valence-electron chi connectivity index (χ0n) is 14.0. The number of nitrogens with zero attached hydrogens (tertiary/aromatic N) is 2. The molecule has 4 rings (SSSR count). The number of hydrogen-bond donors (Lipinski definition) is 2. The summed E-state index contributed by atoms with van der Waals surface area (Å²) in [5.41, 5.74) is 0.755. The summed E-state index contributed by atoms with van der Waals surface area (Å²) in [5.74, 6) is 0. The molecule has 1 aromatic carbocycles. The van der Waals surface area contributed by atoms with Crippen LogP contribution in [0.15, 0.2) is 36.5 Å². The van der Waals surface area contributed by atoms with Crippen LogP contribution >= 0.6 is 0 Å². The largest absolute Gasteiger partial charge is 0.441 e. The third kappa shape index (κ3) is 3.14. The number of hydrogen-bond acceptors (Lipinski definition) is 3. The van der Waals surface area contributed by atoms with Crippen LogP contribution in [-0.2, 0) is 11.3 Å². The summed E-state index contributed by atoms with van der Waals surface area (Å²) in [6.07, 6.45) is 3.06. The summed E-state index contributed by atoms with van der Waals surface area (Å²) in [4.78, 5) is 25.4. The standard InChI is InChI=1S/C18H22N4O3/c23-16(22-10-6-18(7-11-22)13-20-17(24)25-18)19-8-12-21-9-5-14-3-1-2-4-15(14)21/h1-5,9H,6-8,10-13H2,(H,19,23)(H,20,24). The fraction of sp³-hybridized carbons (Fsp3) is 0.444. The van der Waals surface area contributed by atoms with Crippen LogP contribution in [0, 0.1) is 0 Å². The molecule has 2 N–H and O–H groups in total. The molecule has 2 aliphatic rings. The van der Waals surface area contributed by atoms with Gasteiger partial charge in [0.1, 0.15) is 5.60 Å². The molecule has 7 heteroatoms. The van der Waals surface area contributed by atoms with Crippen molar-refractivity contribution in [2.45, 2.75) is 25.0 Å². The molecule has 2 saturated heterocycles. The molecule has 2 fully saturated rings. The van der Waals surface area contributed by atoms with Crippen LogP contribution in [0.5, 0.6) is 0 Å². The van der Waals surface area contributed by atoms with Gasteiger partial charge in [0.25, 0.3) is 0 Å².